The van der Waals surface area contributed by atoms with E-state index in [1.165, 1.54) is 0 Å². The van der Waals surface area contributed by atoms with Gasteiger partial charge >= 0.3 is 12.1 Å². The minimum atomic E-state index is -1.04. The Morgan fingerprint density at radius 1 is 1.00 bits per heavy atom. The van der Waals surface area contributed by atoms with E-state index < -0.39 is 23.5 Å². The third kappa shape index (κ3) is 6.37. The van der Waals surface area contributed by atoms with Gasteiger partial charge in [0.2, 0.25) is 5.91 Å². The fraction of sp³-hybridized carbons (Fsp3) is 0.444. The molecule has 2 amide bonds. The summed E-state index contributed by atoms with van der Waals surface area (Å²) in [5, 5.41) is 14.7. The Bertz CT molecular complexity index is 1000. The summed E-state index contributed by atoms with van der Waals surface area (Å²) in [5.74, 6) is -1.28. The minimum Gasteiger partial charge on any atom is -0.480 e. The largest absolute Gasteiger partial charge is 0.480 e. The van der Waals surface area contributed by atoms with Crippen LogP contribution >= 0.6 is 0 Å². The average molecular weight is 467 g/mol. The van der Waals surface area contributed by atoms with E-state index in [2.05, 4.69) is 34.9 Å². The molecule has 1 atom stereocenters. The standard InChI is InChI=1S/C27H34N2O5/c1-17(2)13-23(25(31)32)29-24(30)14-27(3,4)16-28-26(33)34-15-22-20-11-7-5-9-18(20)19-10-6-8-12-21(19)22/h5-12,17,22-23H,13-16H2,1-4H3,(H,28,33)(H,29,30)(H,31,32)/t23-/m1/s1. The first-order valence-electron chi connectivity index (χ1n) is 11.7. The maximum Gasteiger partial charge on any atom is 0.407 e. The molecule has 3 N–H and O–H groups in total. The molecule has 3 rings (SSSR count). The van der Waals surface area contributed by atoms with E-state index in [0.29, 0.717) is 6.42 Å². The van der Waals surface area contributed by atoms with Crippen LogP contribution in [0.5, 0.6) is 0 Å². The first kappa shape index (κ1) is 25.3. The first-order valence-corrected chi connectivity index (χ1v) is 11.7. The quantitative estimate of drug-likeness (QED) is 0.476. The van der Waals surface area contributed by atoms with E-state index in [1.807, 2.05) is 52.0 Å². The molecular weight excluding hydrogens is 432 g/mol. The molecule has 7 nitrogen and oxygen atoms in total. The molecule has 0 bridgehead atoms. The van der Waals surface area contributed by atoms with Crippen molar-refractivity contribution in [3.8, 4) is 11.1 Å². The molecule has 2 aromatic carbocycles. The predicted octanol–water partition coefficient (Wildman–Crippen LogP) is 4.56. The van der Waals surface area contributed by atoms with E-state index >= 15 is 0 Å². The third-order valence-corrected chi connectivity index (χ3v) is 6.03. The molecule has 182 valence electrons. The number of benzene rings is 2. The molecule has 1 aliphatic carbocycles. The van der Waals surface area contributed by atoms with Crippen molar-refractivity contribution in [3.05, 3.63) is 59.7 Å². The molecular formula is C27H34N2O5. The Kier molecular flexibility index (Phi) is 7.97. The molecule has 0 spiro atoms. The zero-order valence-electron chi connectivity index (χ0n) is 20.3. The van der Waals surface area contributed by atoms with Crippen LogP contribution in [0.2, 0.25) is 0 Å². The summed E-state index contributed by atoms with van der Waals surface area (Å²) in [5.41, 5.74) is 4.04. The summed E-state index contributed by atoms with van der Waals surface area (Å²) >= 11 is 0. The monoisotopic (exact) mass is 466 g/mol. The van der Waals surface area contributed by atoms with Crippen molar-refractivity contribution in [2.75, 3.05) is 13.2 Å². The van der Waals surface area contributed by atoms with Gasteiger partial charge in [0.15, 0.2) is 0 Å². The molecule has 0 radical (unpaired) electrons. The summed E-state index contributed by atoms with van der Waals surface area (Å²) in [6.45, 7) is 7.94. The molecule has 2 aromatic rings. The SMILES string of the molecule is CC(C)C[C@@H](NC(=O)CC(C)(C)CNC(=O)OCC1c2ccccc2-c2ccccc21)C(=O)O. The number of carbonyl (C=O) groups excluding carboxylic acids is 2. The number of aliphatic carboxylic acids is 1. The molecule has 0 heterocycles. The number of carboxylic acids is 1. The molecule has 0 fully saturated rings. The number of amides is 2. The van der Waals surface area contributed by atoms with Gasteiger partial charge in [0.05, 0.1) is 0 Å². The van der Waals surface area contributed by atoms with Gasteiger partial charge in [0.1, 0.15) is 12.6 Å². The normalized spacial score (nSPS) is 13.7. The van der Waals surface area contributed by atoms with Gasteiger partial charge in [-0.3, -0.25) is 4.79 Å². The van der Waals surface area contributed by atoms with E-state index in [4.69, 9.17) is 4.74 Å². The summed E-state index contributed by atoms with van der Waals surface area (Å²) in [6, 6.07) is 15.4. The predicted molar refractivity (Wildman–Crippen MR) is 130 cm³/mol. The Labute approximate surface area is 200 Å². The number of fused-ring (bicyclic) bond motifs is 3. The van der Waals surface area contributed by atoms with Crippen molar-refractivity contribution in [1.82, 2.24) is 10.6 Å². The number of ether oxygens (including phenoxy) is 1. The van der Waals surface area contributed by atoms with Crippen LogP contribution in [0, 0.1) is 11.3 Å². The van der Waals surface area contributed by atoms with E-state index in [0.717, 1.165) is 22.3 Å². The zero-order chi connectivity index (χ0) is 24.9. The number of carboxylic acid groups (broad SMARTS) is 1. The molecule has 7 heteroatoms. The fourth-order valence-electron chi connectivity index (χ4n) is 4.40. The summed E-state index contributed by atoms with van der Waals surface area (Å²) in [7, 11) is 0. The second-order valence-electron chi connectivity index (χ2n) is 10.1. The zero-order valence-corrected chi connectivity index (χ0v) is 20.3. The highest BCUT2D eigenvalue weighted by Crippen LogP contribution is 2.44. The minimum absolute atomic E-state index is 0.0224. The number of hydrogen-bond donors (Lipinski definition) is 3. The number of alkyl carbamates (subject to hydrolysis) is 1. The van der Waals surface area contributed by atoms with Crippen molar-refractivity contribution >= 4 is 18.0 Å². The summed E-state index contributed by atoms with van der Waals surface area (Å²) < 4.78 is 5.55. The van der Waals surface area contributed by atoms with E-state index in [9.17, 15) is 19.5 Å². The topological polar surface area (TPSA) is 105 Å². The number of carbonyl (C=O) groups is 3. The lowest BCUT2D eigenvalue weighted by Gasteiger charge is -2.25. The van der Waals surface area contributed by atoms with Gasteiger partial charge in [-0.25, -0.2) is 9.59 Å². The van der Waals surface area contributed by atoms with Gasteiger partial charge in [-0.15, -0.1) is 0 Å². The Morgan fingerprint density at radius 3 is 2.09 bits per heavy atom. The number of rotatable bonds is 10. The lowest BCUT2D eigenvalue weighted by molar-refractivity contribution is -0.142. The molecule has 34 heavy (non-hydrogen) atoms. The third-order valence-electron chi connectivity index (χ3n) is 6.03. The molecule has 0 saturated heterocycles. The Morgan fingerprint density at radius 2 is 1.56 bits per heavy atom. The van der Waals surface area contributed by atoms with Crippen LogP contribution < -0.4 is 10.6 Å². The highest BCUT2D eigenvalue weighted by Gasteiger charge is 2.30. The van der Waals surface area contributed by atoms with Crippen molar-refractivity contribution in [3.63, 3.8) is 0 Å². The fourth-order valence-corrected chi connectivity index (χ4v) is 4.40. The average Bonchev–Trinajstić information content (AvgIpc) is 3.09. The van der Waals surface area contributed by atoms with Gasteiger partial charge in [0, 0.05) is 18.9 Å². The highest BCUT2D eigenvalue weighted by atomic mass is 16.5. The van der Waals surface area contributed by atoms with E-state index in [-0.39, 0.29) is 37.3 Å². The smallest absolute Gasteiger partial charge is 0.407 e. The molecule has 0 aliphatic heterocycles. The van der Waals surface area contributed by atoms with Gasteiger partial charge < -0.3 is 20.5 Å². The van der Waals surface area contributed by atoms with Crippen molar-refractivity contribution in [2.24, 2.45) is 11.3 Å². The van der Waals surface area contributed by atoms with Crippen LogP contribution in [0.15, 0.2) is 48.5 Å². The molecule has 0 aromatic heterocycles. The van der Waals surface area contributed by atoms with Crippen LogP contribution in [0.4, 0.5) is 4.79 Å². The lowest BCUT2D eigenvalue weighted by atomic mass is 9.88. The van der Waals surface area contributed by atoms with Gasteiger partial charge in [-0.05, 0) is 40.0 Å². The second-order valence-corrected chi connectivity index (χ2v) is 10.1. The first-order chi connectivity index (χ1) is 16.1. The number of nitrogens with one attached hydrogen (secondary N) is 2. The van der Waals surface area contributed by atoms with Gasteiger partial charge in [0.25, 0.3) is 0 Å². The van der Waals surface area contributed by atoms with Crippen molar-refractivity contribution < 1.29 is 24.2 Å². The van der Waals surface area contributed by atoms with Crippen molar-refractivity contribution in [2.45, 2.75) is 52.5 Å². The lowest BCUT2D eigenvalue weighted by Crippen LogP contribution is -2.44. The van der Waals surface area contributed by atoms with Gasteiger partial charge in [-0.1, -0.05) is 76.2 Å². The highest BCUT2D eigenvalue weighted by molar-refractivity contribution is 5.84. The van der Waals surface area contributed by atoms with Crippen LogP contribution in [-0.4, -0.2) is 42.3 Å². The van der Waals surface area contributed by atoms with Crippen LogP contribution in [0.3, 0.4) is 0 Å². The molecule has 0 unspecified atom stereocenters. The molecule has 0 saturated carbocycles. The molecule has 1 aliphatic rings. The Balaban J connectivity index is 1.51. The maximum absolute atomic E-state index is 12.4. The maximum atomic E-state index is 12.4. The van der Waals surface area contributed by atoms with Crippen LogP contribution in [0.25, 0.3) is 11.1 Å². The number of hydrogen-bond acceptors (Lipinski definition) is 4. The van der Waals surface area contributed by atoms with E-state index in [1.54, 1.807) is 0 Å². The van der Waals surface area contributed by atoms with Gasteiger partial charge in [-0.2, -0.15) is 0 Å². The Hall–Kier alpha value is -3.35. The van der Waals surface area contributed by atoms with Crippen LogP contribution in [0.1, 0.15) is 57.6 Å². The summed E-state index contributed by atoms with van der Waals surface area (Å²) in [4.78, 5) is 36.2. The summed E-state index contributed by atoms with van der Waals surface area (Å²) in [6.07, 6.45) is -0.101. The van der Waals surface area contributed by atoms with Crippen molar-refractivity contribution in [1.29, 1.82) is 0 Å². The second kappa shape index (κ2) is 10.7. The van der Waals surface area contributed by atoms with Crippen LogP contribution in [-0.2, 0) is 14.3 Å².